The molecule has 6 nitrogen and oxygen atoms in total. The van der Waals surface area contributed by atoms with E-state index in [1.807, 2.05) is 19.2 Å². The molecule has 2 aliphatic heterocycles. The zero-order valence-electron chi connectivity index (χ0n) is 16.2. The normalized spacial score (nSPS) is 32.4. The van der Waals surface area contributed by atoms with E-state index in [-0.39, 0.29) is 11.9 Å². The van der Waals surface area contributed by atoms with Crippen LogP contribution >= 0.6 is 11.8 Å². The molecule has 1 aliphatic carbocycles. The number of aliphatic hydroxyl groups is 1. The molecule has 0 aromatic carbocycles. The summed E-state index contributed by atoms with van der Waals surface area (Å²) in [6, 6.07) is 2.58. The van der Waals surface area contributed by atoms with Crippen LogP contribution in [-0.2, 0) is 11.3 Å². The second-order valence-electron chi connectivity index (χ2n) is 8.50. The maximum absolute atomic E-state index is 12.4. The Labute approximate surface area is 166 Å². The lowest BCUT2D eigenvalue weighted by atomic mass is 9.77. The SMILES string of the molecule is Cc1ccn(CCC(=O)N[C@H]2C[C@H]3CN(C4CCSCC4)C[C@H]3C[C@@H]2O)n1. The van der Waals surface area contributed by atoms with E-state index < -0.39 is 6.10 Å². The van der Waals surface area contributed by atoms with Crippen LogP contribution in [0.1, 0.15) is 37.8 Å². The molecule has 3 heterocycles. The van der Waals surface area contributed by atoms with E-state index in [1.54, 1.807) is 4.68 Å². The third-order valence-corrected chi connectivity index (χ3v) is 7.61. The number of rotatable bonds is 5. The Morgan fingerprint density at radius 1 is 1.30 bits per heavy atom. The highest BCUT2D eigenvalue weighted by Crippen LogP contribution is 2.39. The number of amides is 1. The van der Waals surface area contributed by atoms with E-state index in [9.17, 15) is 9.90 Å². The Morgan fingerprint density at radius 2 is 2.04 bits per heavy atom. The van der Waals surface area contributed by atoms with Gasteiger partial charge in [-0.3, -0.25) is 14.4 Å². The molecule has 0 unspecified atom stereocenters. The van der Waals surface area contributed by atoms with Gasteiger partial charge >= 0.3 is 0 Å². The van der Waals surface area contributed by atoms with Gasteiger partial charge in [-0.25, -0.2) is 0 Å². The van der Waals surface area contributed by atoms with Gasteiger partial charge in [0.15, 0.2) is 0 Å². The lowest BCUT2D eigenvalue weighted by Gasteiger charge is -2.35. The monoisotopic (exact) mass is 392 g/mol. The number of aliphatic hydroxyl groups excluding tert-OH is 1. The van der Waals surface area contributed by atoms with Gasteiger partial charge in [-0.15, -0.1) is 0 Å². The van der Waals surface area contributed by atoms with Gasteiger partial charge in [0, 0.05) is 38.3 Å². The number of nitrogens with zero attached hydrogens (tertiary/aromatic N) is 3. The van der Waals surface area contributed by atoms with Crippen molar-refractivity contribution < 1.29 is 9.90 Å². The first-order valence-corrected chi connectivity index (χ1v) is 11.5. The largest absolute Gasteiger partial charge is 0.391 e. The molecule has 3 fully saturated rings. The zero-order chi connectivity index (χ0) is 18.8. The predicted molar refractivity (Wildman–Crippen MR) is 108 cm³/mol. The highest BCUT2D eigenvalue weighted by molar-refractivity contribution is 7.99. The fourth-order valence-corrected chi connectivity index (χ4v) is 6.13. The number of thioether (sulfide) groups is 1. The van der Waals surface area contributed by atoms with Crippen LogP contribution in [0, 0.1) is 18.8 Å². The minimum atomic E-state index is -0.413. The molecule has 1 saturated carbocycles. The maximum atomic E-state index is 12.4. The van der Waals surface area contributed by atoms with Crippen LogP contribution in [0.25, 0.3) is 0 Å². The summed E-state index contributed by atoms with van der Waals surface area (Å²) in [4.78, 5) is 15.0. The van der Waals surface area contributed by atoms with Crippen LogP contribution in [0.15, 0.2) is 12.3 Å². The van der Waals surface area contributed by atoms with Crippen molar-refractivity contribution in [3.8, 4) is 0 Å². The number of carbonyl (C=O) groups excluding carboxylic acids is 1. The number of fused-ring (bicyclic) bond motifs is 1. The summed E-state index contributed by atoms with van der Waals surface area (Å²) in [5.74, 6) is 3.79. The summed E-state index contributed by atoms with van der Waals surface area (Å²) >= 11 is 2.07. The molecule has 4 rings (SSSR count). The molecule has 1 aromatic heterocycles. The van der Waals surface area contributed by atoms with Crippen molar-refractivity contribution in [3.63, 3.8) is 0 Å². The molecule has 0 radical (unpaired) electrons. The first-order chi connectivity index (χ1) is 13.1. The lowest BCUT2D eigenvalue weighted by Crippen LogP contribution is -2.49. The number of hydrogen-bond donors (Lipinski definition) is 2. The van der Waals surface area contributed by atoms with Gasteiger partial charge in [-0.2, -0.15) is 16.9 Å². The van der Waals surface area contributed by atoms with Crippen LogP contribution < -0.4 is 5.32 Å². The lowest BCUT2D eigenvalue weighted by molar-refractivity contribution is -0.123. The minimum Gasteiger partial charge on any atom is -0.391 e. The van der Waals surface area contributed by atoms with Crippen LogP contribution in [0.2, 0.25) is 0 Å². The maximum Gasteiger partial charge on any atom is 0.222 e. The smallest absolute Gasteiger partial charge is 0.222 e. The van der Waals surface area contributed by atoms with Gasteiger partial charge in [-0.05, 0) is 62.0 Å². The number of aryl methyl sites for hydroxylation is 2. The second kappa shape index (κ2) is 8.53. The van der Waals surface area contributed by atoms with E-state index in [2.05, 4.69) is 27.1 Å². The van der Waals surface area contributed by atoms with E-state index in [1.165, 1.54) is 24.3 Å². The Balaban J connectivity index is 1.26. The summed E-state index contributed by atoms with van der Waals surface area (Å²) in [6.07, 6.45) is 6.25. The first kappa shape index (κ1) is 19.3. The third kappa shape index (κ3) is 4.69. The summed E-state index contributed by atoms with van der Waals surface area (Å²) in [5.41, 5.74) is 0.964. The van der Waals surface area contributed by atoms with E-state index in [0.29, 0.717) is 24.8 Å². The van der Waals surface area contributed by atoms with Gasteiger partial charge in [0.05, 0.1) is 17.8 Å². The topological polar surface area (TPSA) is 70.4 Å². The molecule has 1 aromatic rings. The summed E-state index contributed by atoms with van der Waals surface area (Å²) in [5, 5.41) is 18.0. The van der Waals surface area contributed by atoms with Crippen molar-refractivity contribution in [1.82, 2.24) is 20.0 Å². The average Bonchev–Trinajstić information content (AvgIpc) is 3.27. The van der Waals surface area contributed by atoms with Crippen LogP contribution in [0.4, 0.5) is 0 Å². The predicted octanol–water partition coefficient (Wildman–Crippen LogP) is 1.66. The van der Waals surface area contributed by atoms with Crippen LogP contribution in [0.3, 0.4) is 0 Å². The fourth-order valence-electron chi connectivity index (χ4n) is 5.05. The third-order valence-electron chi connectivity index (χ3n) is 6.57. The fraction of sp³-hybridized carbons (Fsp3) is 0.800. The van der Waals surface area contributed by atoms with Gasteiger partial charge in [0.1, 0.15) is 0 Å². The quantitative estimate of drug-likeness (QED) is 0.798. The molecule has 4 atom stereocenters. The first-order valence-electron chi connectivity index (χ1n) is 10.4. The summed E-state index contributed by atoms with van der Waals surface area (Å²) in [7, 11) is 0. The minimum absolute atomic E-state index is 0.0183. The number of hydrogen-bond acceptors (Lipinski definition) is 5. The summed E-state index contributed by atoms with van der Waals surface area (Å²) < 4.78 is 1.81. The average molecular weight is 393 g/mol. The number of nitrogens with one attached hydrogen (secondary N) is 1. The van der Waals surface area contributed by atoms with E-state index in [0.717, 1.165) is 37.7 Å². The molecule has 1 amide bonds. The van der Waals surface area contributed by atoms with Gasteiger partial charge in [0.25, 0.3) is 0 Å². The van der Waals surface area contributed by atoms with Crippen molar-refractivity contribution in [3.05, 3.63) is 18.0 Å². The molecule has 0 spiro atoms. The Kier molecular flexibility index (Phi) is 6.09. The van der Waals surface area contributed by atoms with Crippen molar-refractivity contribution >= 4 is 17.7 Å². The summed E-state index contributed by atoms with van der Waals surface area (Å²) in [6.45, 7) is 4.81. The highest BCUT2D eigenvalue weighted by atomic mass is 32.2. The Hall–Kier alpha value is -1.05. The Bertz CT molecular complexity index is 646. The van der Waals surface area contributed by atoms with Gasteiger partial charge in [0.2, 0.25) is 5.91 Å². The van der Waals surface area contributed by atoms with Crippen molar-refractivity contribution in [1.29, 1.82) is 0 Å². The van der Waals surface area contributed by atoms with Gasteiger partial charge < -0.3 is 10.4 Å². The molecule has 2 saturated heterocycles. The van der Waals surface area contributed by atoms with Crippen molar-refractivity contribution in [2.75, 3.05) is 24.6 Å². The van der Waals surface area contributed by atoms with E-state index >= 15 is 0 Å². The molecular formula is C20H32N4O2S. The Morgan fingerprint density at radius 3 is 2.74 bits per heavy atom. The molecular weight excluding hydrogens is 360 g/mol. The zero-order valence-corrected chi connectivity index (χ0v) is 17.0. The van der Waals surface area contributed by atoms with Gasteiger partial charge in [-0.1, -0.05) is 0 Å². The van der Waals surface area contributed by atoms with Crippen LogP contribution in [-0.4, -0.2) is 68.5 Å². The molecule has 0 bridgehead atoms. The second-order valence-corrected chi connectivity index (χ2v) is 9.73. The number of likely N-dealkylation sites (tertiary alicyclic amines) is 1. The van der Waals surface area contributed by atoms with Crippen molar-refractivity contribution in [2.45, 2.75) is 63.8 Å². The molecule has 150 valence electrons. The number of carbonyl (C=O) groups is 1. The molecule has 7 heteroatoms. The highest BCUT2D eigenvalue weighted by Gasteiger charge is 2.43. The molecule has 27 heavy (non-hydrogen) atoms. The van der Waals surface area contributed by atoms with Crippen molar-refractivity contribution in [2.24, 2.45) is 11.8 Å². The van der Waals surface area contributed by atoms with E-state index in [4.69, 9.17) is 0 Å². The standard InChI is InChI=1S/C20H32N4O2S/c1-14-2-6-24(22-14)7-3-20(26)21-18-10-15-12-23(13-16(15)11-19(18)25)17-4-8-27-9-5-17/h2,6,15-19,25H,3-5,7-13H2,1H3,(H,21,26)/t15-,16+,18-,19-/m0/s1. The molecule has 2 N–H and O–H groups in total. The molecule has 3 aliphatic rings. The number of aromatic nitrogens is 2. The van der Waals surface area contributed by atoms with Crippen LogP contribution in [0.5, 0.6) is 0 Å².